The molecule has 0 bridgehead atoms. The number of fused-ring (bicyclic) bond motifs is 3. The monoisotopic (exact) mass is 536 g/mol. The minimum absolute atomic E-state index is 0.147. The van der Waals surface area contributed by atoms with Gasteiger partial charge < -0.3 is 0 Å². The molecule has 0 saturated heterocycles. The molecule has 0 radical (unpaired) electrons. The van der Waals surface area contributed by atoms with E-state index in [-0.39, 0.29) is 10.8 Å². The van der Waals surface area contributed by atoms with Crippen molar-refractivity contribution in [1.29, 1.82) is 0 Å². The predicted molar refractivity (Wildman–Crippen MR) is 149 cm³/mol. The molecule has 5 rings (SSSR count). The molecule has 3 aromatic carbocycles. The van der Waals surface area contributed by atoms with E-state index in [1.54, 1.807) is 14.4 Å². The quantitative estimate of drug-likeness (QED) is 0.312. The molecule has 2 aliphatic rings. The third kappa shape index (κ3) is 4.95. The van der Waals surface area contributed by atoms with Crippen molar-refractivity contribution in [2.24, 2.45) is 0 Å². The van der Waals surface area contributed by atoms with E-state index in [1.807, 2.05) is 0 Å². The molecular formula is C34H38Zr. The Hall–Kier alpha value is -2.11. The summed E-state index contributed by atoms with van der Waals surface area (Å²) in [7, 11) is 0. The average Bonchev–Trinajstić information content (AvgIpc) is 3.45. The zero-order chi connectivity index (χ0) is 24.8. The minimum atomic E-state index is -2.18. The number of allylic oxidation sites excluding steroid dienone is 4. The van der Waals surface area contributed by atoms with Crippen molar-refractivity contribution in [2.45, 2.75) is 68.8 Å². The van der Waals surface area contributed by atoms with E-state index in [9.17, 15) is 0 Å². The summed E-state index contributed by atoms with van der Waals surface area (Å²) in [5.41, 5.74) is 10.7. The zero-order valence-electron chi connectivity index (χ0n) is 22.2. The standard InChI is InChI=1S/C21H25.C8H8.C5H5.Zr/c1-20(2,3)16-9-7-14-11-15-8-10-17(21(4,5)6)13-19(15)18(14)12-16;1-2-8-6-4-3-5-7-8;1-2-4-5-3-1;/h7-13H,1-6H3;1,3-7H,2H2;1-3H,4H2;. The molecule has 0 unspecified atom stereocenters. The predicted octanol–water partition coefficient (Wildman–Crippen LogP) is 8.86. The van der Waals surface area contributed by atoms with Crippen LogP contribution in [0.2, 0.25) is 0 Å². The summed E-state index contributed by atoms with van der Waals surface area (Å²) in [6.45, 7) is 14.0. The summed E-state index contributed by atoms with van der Waals surface area (Å²) in [6, 6.07) is 25.8. The van der Waals surface area contributed by atoms with Crippen LogP contribution in [-0.2, 0) is 38.5 Å². The molecule has 0 saturated carbocycles. The molecule has 0 aliphatic heterocycles. The molecule has 0 N–H and O–H groups in total. The summed E-state index contributed by atoms with van der Waals surface area (Å²) in [6.07, 6.45) is 9.31. The Labute approximate surface area is 220 Å². The van der Waals surface area contributed by atoms with Gasteiger partial charge in [0.25, 0.3) is 0 Å². The summed E-state index contributed by atoms with van der Waals surface area (Å²) in [5, 5.41) is 0. The Bertz CT molecular complexity index is 1270. The fraction of sp³-hybridized carbons (Fsp3) is 0.324. The van der Waals surface area contributed by atoms with Gasteiger partial charge in [-0.25, -0.2) is 0 Å². The van der Waals surface area contributed by atoms with E-state index < -0.39 is 21.3 Å². The first-order chi connectivity index (χ1) is 16.6. The van der Waals surface area contributed by atoms with Crippen molar-refractivity contribution in [2.75, 3.05) is 0 Å². The normalized spacial score (nSPS) is 15.8. The van der Waals surface area contributed by atoms with Gasteiger partial charge in [0.1, 0.15) is 0 Å². The van der Waals surface area contributed by atoms with Crippen LogP contribution in [0.15, 0.2) is 88.2 Å². The van der Waals surface area contributed by atoms with Gasteiger partial charge in [-0.3, -0.25) is 0 Å². The maximum atomic E-state index is 2.77. The van der Waals surface area contributed by atoms with Crippen molar-refractivity contribution in [3.8, 4) is 11.1 Å². The second-order valence-corrected chi connectivity index (χ2v) is 18.5. The number of hydrogen-bond donors (Lipinski definition) is 0. The van der Waals surface area contributed by atoms with Crippen molar-refractivity contribution in [3.63, 3.8) is 0 Å². The fourth-order valence-electron chi connectivity index (χ4n) is 5.46. The van der Waals surface area contributed by atoms with Crippen LogP contribution in [-0.4, -0.2) is 3.71 Å². The molecule has 3 aromatic rings. The number of benzene rings is 3. The summed E-state index contributed by atoms with van der Waals surface area (Å²) >= 11 is -2.18. The SMILES string of the molecule is CC(C)(C)c1ccc2c(c1)-c1cc(C(C)(C)C)ccc1[CH]2[Zr](=[CH]Cc1ccccc1)[C]1=CC=CC1. The van der Waals surface area contributed by atoms with Gasteiger partial charge in [0, 0.05) is 0 Å². The maximum absolute atomic E-state index is 2.77. The van der Waals surface area contributed by atoms with E-state index in [4.69, 9.17) is 0 Å². The Morgan fingerprint density at radius 2 is 1.34 bits per heavy atom. The van der Waals surface area contributed by atoms with Crippen LogP contribution in [0, 0.1) is 0 Å². The fourth-order valence-corrected chi connectivity index (χ4v) is 13.2. The van der Waals surface area contributed by atoms with Crippen LogP contribution >= 0.6 is 0 Å². The van der Waals surface area contributed by atoms with Crippen molar-refractivity contribution >= 4 is 3.71 Å². The number of hydrogen-bond acceptors (Lipinski definition) is 0. The molecule has 0 nitrogen and oxygen atoms in total. The van der Waals surface area contributed by atoms with Gasteiger partial charge in [-0.1, -0.05) is 0 Å². The Balaban J connectivity index is 1.70. The molecule has 178 valence electrons. The molecule has 35 heavy (non-hydrogen) atoms. The van der Waals surface area contributed by atoms with Gasteiger partial charge in [0.15, 0.2) is 0 Å². The Morgan fingerprint density at radius 3 is 1.83 bits per heavy atom. The van der Waals surface area contributed by atoms with E-state index in [1.165, 1.54) is 27.8 Å². The van der Waals surface area contributed by atoms with Crippen LogP contribution in [0.5, 0.6) is 0 Å². The zero-order valence-corrected chi connectivity index (χ0v) is 24.6. The second-order valence-electron chi connectivity index (χ2n) is 12.2. The van der Waals surface area contributed by atoms with Crippen molar-refractivity contribution < 1.29 is 21.3 Å². The van der Waals surface area contributed by atoms with E-state index >= 15 is 0 Å². The first-order valence-corrected chi connectivity index (χ1v) is 17.1. The Kier molecular flexibility index (Phi) is 6.60. The van der Waals surface area contributed by atoms with Crippen molar-refractivity contribution in [3.05, 3.63) is 116 Å². The molecule has 2 aliphatic carbocycles. The van der Waals surface area contributed by atoms with Crippen LogP contribution in [0.1, 0.15) is 79.4 Å². The summed E-state index contributed by atoms with van der Waals surface area (Å²) in [4.78, 5) is 0. The first kappa shape index (κ1) is 24.6. The molecule has 0 fully saturated rings. The van der Waals surface area contributed by atoms with Gasteiger partial charge in [-0.2, -0.15) is 0 Å². The van der Waals surface area contributed by atoms with Crippen LogP contribution in [0.4, 0.5) is 0 Å². The van der Waals surface area contributed by atoms with E-state index in [0.717, 1.165) is 12.8 Å². The molecular weight excluding hydrogens is 500 g/mol. The van der Waals surface area contributed by atoms with E-state index in [2.05, 4.69) is 130 Å². The summed E-state index contributed by atoms with van der Waals surface area (Å²) < 4.78 is 5.06. The molecule has 0 atom stereocenters. The van der Waals surface area contributed by atoms with Gasteiger partial charge in [0.05, 0.1) is 0 Å². The molecule has 0 spiro atoms. The Morgan fingerprint density at radius 1 is 0.771 bits per heavy atom. The third-order valence-corrected chi connectivity index (χ3v) is 15.0. The molecule has 1 heteroatoms. The van der Waals surface area contributed by atoms with Crippen LogP contribution in [0.3, 0.4) is 0 Å². The van der Waals surface area contributed by atoms with Gasteiger partial charge >= 0.3 is 221 Å². The van der Waals surface area contributed by atoms with E-state index in [0.29, 0.717) is 3.63 Å². The van der Waals surface area contributed by atoms with Gasteiger partial charge in [-0.05, 0) is 0 Å². The van der Waals surface area contributed by atoms with Crippen molar-refractivity contribution in [1.82, 2.24) is 0 Å². The topological polar surface area (TPSA) is 0 Å². The molecule has 0 aromatic heterocycles. The van der Waals surface area contributed by atoms with Crippen LogP contribution in [0.25, 0.3) is 11.1 Å². The molecule has 0 heterocycles. The number of rotatable bonds is 4. The van der Waals surface area contributed by atoms with Gasteiger partial charge in [0.2, 0.25) is 0 Å². The van der Waals surface area contributed by atoms with Gasteiger partial charge in [-0.15, -0.1) is 0 Å². The third-order valence-electron chi connectivity index (χ3n) is 7.60. The average molecular weight is 538 g/mol. The summed E-state index contributed by atoms with van der Waals surface area (Å²) in [5.74, 6) is 0. The second kappa shape index (κ2) is 9.40. The first-order valence-electron chi connectivity index (χ1n) is 13.0. The van der Waals surface area contributed by atoms with Crippen LogP contribution < -0.4 is 0 Å². The molecule has 0 amide bonds.